The molecule has 9 heteroatoms. The predicted octanol–water partition coefficient (Wildman–Crippen LogP) is 6.43. The van der Waals surface area contributed by atoms with Crippen LogP contribution in [0.15, 0.2) is 112 Å². The van der Waals surface area contributed by atoms with Gasteiger partial charge in [0.1, 0.15) is 0 Å². The number of hydrazone groups is 1. The molecule has 1 amide bonds. The molecule has 190 valence electrons. The number of nitrogens with zero attached hydrogens (tertiary/aromatic N) is 4. The molecule has 0 saturated carbocycles. The first kappa shape index (κ1) is 25.7. The number of benzene rings is 4. The number of aromatic nitrogens is 3. The molecule has 0 aliphatic carbocycles. The molecule has 0 aliphatic rings. The van der Waals surface area contributed by atoms with E-state index in [9.17, 15) is 4.79 Å². The van der Waals surface area contributed by atoms with Crippen LogP contribution in [0.2, 0.25) is 0 Å². The van der Waals surface area contributed by atoms with Gasteiger partial charge in [0.2, 0.25) is 0 Å². The number of rotatable bonds is 9. The van der Waals surface area contributed by atoms with Crippen molar-refractivity contribution in [1.29, 1.82) is 0 Å². The highest BCUT2D eigenvalue weighted by Gasteiger charge is 2.16. The van der Waals surface area contributed by atoms with E-state index in [2.05, 4.69) is 66.2 Å². The molecule has 7 nitrogen and oxygen atoms in total. The second kappa shape index (κ2) is 12.1. The van der Waals surface area contributed by atoms with E-state index in [1.807, 2.05) is 84.3 Å². The molecular formula is C29H25BrN6OS. The Morgan fingerprint density at radius 1 is 0.921 bits per heavy atom. The smallest absolute Gasteiger partial charge is 0.250 e. The van der Waals surface area contributed by atoms with E-state index in [0.29, 0.717) is 11.7 Å². The van der Waals surface area contributed by atoms with Crippen molar-refractivity contribution in [2.24, 2.45) is 5.10 Å². The average Bonchev–Trinajstić information content (AvgIpc) is 3.37. The summed E-state index contributed by atoms with van der Waals surface area (Å²) in [6.45, 7) is 2.33. The molecule has 0 aliphatic heterocycles. The summed E-state index contributed by atoms with van der Waals surface area (Å²) in [6, 6.07) is 32.1. The van der Waals surface area contributed by atoms with Crippen molar-refractivity contribution in [3.63, 3.8) is 0 Å². The number of para-hydroxylation sites is 1. The normalized spacial score (nSPS) is 11.5. The van der Waals surface area contributed by atoms with Crippen LogP contribution in [0.1, 0.15) is 18.3 Å². The number of halogens is 1. The Hall–Kier alpha value is -3.95. The molecule has 2 N–H and O–H groups in total. The van der Waals surface area contributed by atoms with Gasteiger partial charge >= 0.3 is 0 Å². The van der Waals surface area contributed by atoms with Crippen molar-refractivity contribution in [2.75, 3.05) is 11.1 Å². The summed E-state index contributed by atoms with van der Waals surface area (Å²) < 4.78 is 2.97. The number of hydrogen-bond donors (Lipinski definition) is 2. The minimum atomic E-state index is -0.218. The molecule has 0 fully saturated rings. The zero-order valence-corrected chi connectivity index (χ0v) is 23.0. The number of anilines is 1. The molecule has 1 heterocycles. The monoisotopic (exact) mass is 584 g/mol. The van der Waals surface area contributed by atoms with E-state index >= 15 is 0 Å². The average molecular weight is 586 g/mol. The van der Waals surface area contributed by atoms with E-state index in [1.165, 1.54) is 17.1 Å². The molecule has 0 bridgehead atoms. The first-order valence-electron chi connectivity index (χ1n) is 12.0. The van der Waals surface area contributed by atoms with Gasteiger partial charge in [-0.1, -0.05) is 94.4 Å². The van der Waals surface area contributed by atoms with Gasteiger partial charge in [0, 0.05) is 21.2 Å². The first-order chi connectivity index (χ1) is 18.6. The second-order valence-corrected chi connectivity index (χ2v) is 10.3. The highest BCUT2D eigenvalue weighted by molar-refractivity contribution is 9.10. The third kappa shape index (κ3) is 6.12. The molecule has 0 saturated heterocycles. The van der Waals surface area contributed by atoms with E-state index in [0.717, 1.165) is 38.3 Å². The number of hydrogen-bond acceptors (Lipinski definition) is 6. The molecular weight excluding hydrogens is 560 g/mol. The number of carbonyl (C=O) groups excluding carboxylic acids is 1. The summed E-state index contributed by atoms with van der Waals surface area (Å²) in [5.41, 5.74) is 6.26. The lowest BCUT2D eigenvalue weighted by molar-refractivity contribution is -0.118. The summed E-state index contributed by atoms with van der Waals surface area (Å²) >= 11 is 4.74. The van der Waals surface area contributed by atoms with Crippen LogP contribution in [0.3, 0.4) is 0 Å². The van der Waals surface area contributed by atoms with Crippen molar-refractivity contribution in [1.82, 2.24) is 20.2 Å². The van der Waals surface area contributed by atoms with Gasteiger partial charge < -0.3 is 5.32 Å². The van der Waals surface area contributed by atoms with Gasteiger partial charge in [-0.3, -0.25) is 9.36 Å². The molecule has 1 aromatic heterocycles. The van der Waals surface area contributed by atoms with Gasteiger partial charge in [-0.05, 0) is 48.2 Å². The van der Waals surface area contributed by atoms with Crippen molar-refractivity contribution in [3.8, 4) is 5.69 Å². The fraction of sp³-hybridized carbons (Fsp3) is 0.103. The lowest BCUT2D eigenvalue weighted by Gasteiger charge is -2.12. The van der Waals surface area contributed by atoms with Crippen LogP contribution in [0.4, 0.5) is 5.69 Å². The zero-order valence-electron chi connectivity index (χ0n) is 20.6. The van der Waals surface area contributed by atoms with Crippen LogP contribution in [-0.4, -0.2) is 32.1 Å². The van der Waals surface area contributed by atoms with Gasteiger partial charge in [-0.25, -0.2) is 5.43 Å². The first-order valence-corrected chi connectivity index (χ1v) is 13.8. The zero-order chi connectivity index (χ0) is 26.3. The third-order valence-corrected chi connectivity index (χ3v) is 7.34. The summed E-state index contributed by atoms with van der Waals surface area (Å²) in [5.74, 6) is 0.680. The van der Waals surface area contributed by atoms with E-state index < -0.39 is 0 Å². The Bertz CT molecular complexity index is 1580. The quantitative estimate of drug-likeness (QED) is 0.118. The van der Waals surface area contributed by atoms with E-state index in [-0.39, 0.29) is 11.7 Å². The number of thioether (sulfide) groups is 1. The summed E-state index contributed by atoms with van der Waals surface area (Å²) in [6.07, 6.45) is 0. The second-order valence-electron chi connectivity index (χ2n) is 8.48. The molecule has 0 radical (unpaired) electrons. The highest BCUT2D eigenvalue weighted by atomic mass is 79.9. The Kier molecular flexibility index (Phi) is 8.15. The third-order valence-electron chi connectivity index (χ3n) is 5.88. The Morgan fingerprint density at radius 3 is 2.47 bits per heavy atom. The van der Waals surface area contributed by atoms with Crippen LogP contribution >= 0.6 is 27.7 Å². The van der Waals surface area contributed by atoms with Crippen LogP contribution in [0, 0.1) is 0 Å². The minimum absolute atomic E-state index is 0.152. The summed E-state index contributed by atoms with van der Waals surface area (Å²) in [7, 11) is 0. The molecule has 38 heavy (non-hydrogen) atoms. The van der Waals surface area contributed by atoms with Crippen LogP contribution < -0.4 is 10.7 Å². The molecule has 0 spiro atoms. The number of carbonyl (C=O) groups is 1. The standard InChI is InChI=1S/C29H25BrN6OS/c1-20(21-14-16-23(30)17-15-21)32-34-28(37)19-38-29-35-33-27(36(29)24-10-3-2-4-11-24)18-31-26-13-7-9-22-8-5-6-12-25(22)26/h2-17,31H,18-19H2,1H3,(H,34,37)/b32-20-. The van der Waals surface area contributed by atoms with E-state index in [1.54, 1.807) is 0 Å². The molecule has 5 rings (SSSR count). The van der Waals surface area contributed by atoms with Crippen LogP contribution in [0.5, 0.6) is 0 Å². The van der Waals surface area contributed by atoms with Crippen molar-refractivity contribution in [3.05, 3.63) is 113 Å². The van der Waals surface area contributed by atoms with Gasteiger partial charge in [0.25, 0.3) is 5.91 Å². The van der Waals surface area contributed by atoms with Gasteiger partial charge in [0.05, 0.1) is 18.0 Å². The molecule has 4 aromatic carbocycles. The fourth-order valence-electron chi connectivity index (χ4n) is 3.96. The largest absolute Gasteiger partial charge is 0.377 e. The number of nitrogens with one attached hydrogen (secondary N) is 2. The van der Waals surface area contributed by atoms with Crippen LogP contribution in [0.25, 0.3) is 16.5 Å². The topological polar surface area (TPSA) is 84.2 Å². The van der Waals surface area contributed by atoms with E-state index in [4.69, 9.17) is 0 Å². The van der Waals surface area contributed by atoms with Crippen molar-refractivity contribution < 1.29 is 4.79 Å². The predicted molar refractivity (Wildman–Crippen MR) is 158 cm³/mol. The summed E-state index contributed by atoms with van der Waals surface area (Å²) in [5, 5.41) is 19.6. The van der Waals surface area contributed by atoms with Crippen molar-refractivity contribution >= 4 is 55.8 Å². The minimum Gasteiger partial charge on any atom is -0.377 e. The Balaban J connectivity index is 1.30. The number of fused-ring (bicyclic) bond motifs is 1. The maximum Gasteiger partial charge on any atom is 0.250 e. The SMILES string of the molecule is C/C(=N/NC(=O)CSc1nnc(CNc2cccc3ccccc23)n1-c1ccccc1)c1ccc(Br)cc1. The molecule has 0 unspecified atom stereocenters. The fourth-order valence-corrected chi connectivity index (χ4v) is 4.99. The van der Waals surface area contributed by atoms with Crippen LogP contribution in [-0.2, 0) is 11.3 Å². The highest BCUT2D eigenvalue weighted by Crippen LogP contribution is 2.25. The maximum absolute atomic E-state index is 12.6. The van der Waals surface area contributed by atoms with Gasteiger partial charge in [-0.15, -0.1) is 10.2 Å². The lowest BCUT2D eigenvalue weighted by Crippen LogP contribution is -2.21. The number of amides is 1. The molecule has 0 atom stereocenters. The Morgan fingerprint density at radius 2 is 1.66 bits per heavy atom. The van der Waals surface area contributed by atoms with Gasteiger partial charge in [-0.2, -0.15) is 5.10 Å². The summed E-state index contributed by atoms with van der Waals surface area (Å²) in [4.78, 5) is 12.6. The van der Waals surface area contributed by atoms with Gasteiger partial charge in [0.15, 0.2) is 11.0 Å². The van der Waals surface area contributed by atoms with Crippen molar-refractivity contribution in [2.45, 2.75) is 18.6 Å². The maximum atomic E-state index is 12.6. The molecule has 5 aromatic rings. The lowest BCUT2D eigenvalue weighted by atomic mass is 10.1. The Labute approximate surface area is 233 Å².